The van der Waals surface area contributed by atoms with Gasteiger partial charge in [-0.2, -0.15) is 0 Å². The Balaban J connectivity index is 1.87. The first kappa shape index (κ1) is 20.8. The van der Waals surface area contributed by atoms with E-state index < -0.39 is 0 Å². The molecule has 0 atom stereocenters. The molecule has 1 heterocycles. The maximum atomic E-state index is 12.7. The van der Waals surface area contributed by atoms with Crippen molar-refractivity contribution in [2.75, 3.05) is 17.2 Å². The molecule has 1 aliphatic rings. The minimum atomic E-state index is -0.252. The number of thiophene rings is 1. The predicted octanol–water partition coefficient (Wildman–Crippen LogP) is 6.01. The number of fused-ring (bicyclic) bond motifs is 1. The highest BCUT2D eigenvalue weighted by Gasteiger charge is 2.25. The van der Waals surface area contributed by atoms with Crippen LogP contribution in [0.15, 0.2) is 18.2 Å². The summed E-state index contributed by atoms with van der Waals surface area (Å²) in [5.41, 5.74) is 5.17. The second-order valence-electron chi connectivity index (χ2n) is 7.17. The molecule has 1 aromatic carbocycles. The number of hydrogen-bond donors (Lipinski definition) is 2. The van der Waals surface area contributed by atoms with Crippen LogP contribution in [-0.4, -0.2) is 17.7 Å². The Kier molecular flexibility index (Phi) is 7.08. The topological polar surface area (TPSA) is 50.4 Å². The van der Waals surface area contributed by atoms with E-state index >= 15 is 0 Å². The molecule has 4 nitrogen and oxygen atoms in total. The van der Waals surface area contributed by atoms with E-state index in [2.05, 4.69) is 30.5 Å². The molecule has 6 heteroatoms. The summed E-state index contributed by atoms with van der Waals surface area (Å²) < 4.78 is 5.36. The number of nitrogens with one attached hydrogen (secondary N) is 2. The minimum absolute atomic E-state index is 0.252. The third-order valence-corrected chi connectivity index (χ3v) is 6.64. The van der Waals surface area contributed by atoms with Crippen molar-refractivity contribution in [1.82, 2.24) is 0 Å². The first-order valence-electron chi connectivity index (χ1n) is 9.97. The molecule has 1 aliphatic carbocycles. The van der Waals surface area contributed by atoms with E-state index in [0.29, 0.717) is 17.3 Å². The number of hydrogen-bond acceptors (Lipinski definition) is 4. The van der Waals surface area contributed by atoms with Crippen molar-refractivity contribution < 1.29 is 9.53 Å². The fourth-order valence-corrected chi connectivity index (χ4v) is 5.13. The SMILES string of the molecule is CCOC(=O)c1c(NC(=S)Nc2cccc(C)c2C)sc2c1CCCCCC2. The van der Waals surface area contributed by atoms with Gasteiger partial charge in [0.05, 0.1) is 12.2 Å². The Hall–Kier alpha value is -1.92. The van der Waals surface area contributed by atoms with Crippen molar-refractivity contribution in [2.45, 2.75) is 59.3 Å². The van der Waals surface area contributed by atoms with Gasteiger partial charge in [-0.05, 0) is 81.4 Å². The number of carbonyl (C=O) groups is 1. The highest BCUT2D eigenvalue weighted by Crippen LogP contribution is 2.37. The Morgan fingerprint density at radius 2 is 1.89 bits per heavy atom. The molecule has 1 aromatic heterocycles. The van der Waals surface area contributed by atoms with Crippen LogP contribution in [0, 0.1) is 13.8 Å². The lowest BCUT2D eigenvalue weighted by atomic mass is 9.96. The molecular weight excluding hydrogens is 388 g/mol. The lowest BCUT2D eigenvalue weighted by molar-refractivity contribution is 0.0526. The van der Waals surface area contributed by atoms with E-state index in [0.717, 1.165) is 41.1 Å². The van der Waals surface area contributed by atoms with Gasteiger partial charge in [-0.1, -0.05) is 25.0 Å². The maximum Gasteiger partial charge on any atom is 0.341 e. The van der Waals surface area contributed by atoms with Crippen LogP contribution in [0.25, 0.3) is 0 Å². The van der Waals surface area contributed by atoms with Crippen LogP contribution in [-0.2, 0) is 17.6 Å². The van der Waals surface area contributed by atoms with Crippen molar-refractivity contribution in [2.24, 2.45) is 0 Å². The van der Waals surface area contributed by atoms with Crippen molar-refractivity contribution in [3.05, 3.63) is 45.3 Å². The van der Waals surface area contributed by atoms with Crippen molar-refractivity contribution >= 4 is 45.3 Å². The first-order valence-corrected chi connectivity index (χ1v) is 11.2. The summed E-state index contributed by atoms with van der Waals surface area (Å²) in [6.45, 7) is 6.36. The van der Waals surface area contributed by atoms with E-state index in [-0.39, 0.29) is 5.97 Å². The number of ether oxygens (including phenoxy) is 1. The molecule has 0 saturated carbocycles. The van der Waals surface area contributed by atoms with E-state index in [4.69, 9.17) is 17.0 Å². The zero-order valence-corrected chi connectivity index (χ0v) is 18.4. The zero-order chi connectivity index (χ0) is 20.1. The lowest BCUT2D eigenvalue weighted by Crippen LogP contribution is -2.21. The number of esters is 1. The van der Waals surface area contributed by atoms with Crippen molar-refractivity contribution in [3.8, 4) is 0 Å². The molecule has 3 rings (SSSR count). The van der Waals surface area contributed by atoms with E-state index in [9.17, 15) is 4.79 Å². The van der Waals surface area contributed by atoms with Gasteiger partial charge in [-0.3, -0.25) is 0 Å². The predicted molar refractivity (Wildman–Crippen MR) is 122 cm³/mol. The number of aryl methyl sites for hydroxylation is 2. The van der Waals surface area contributed by atoms with Gasteiger partial charge < -0.3 is 15.4 Å². The Labute approximate surface area is 176 Å². The molecular formula is C22H28N2O2S2. The molecule has 150 valence electrons. The van der Waals surface area contributed by atoms with Gasteiger partial charge in [0.25, 0.3) is 0 Å². The van der Waals surface area contributed by atoms with Crippen LogP contribution in [0.2, 0.25) is 0 Å². The van der Waals surface area contributed by atoms with Gasteiger partial charge in [0, 0.05) is 10.6 Å². The summed E-state index contributed by atoms with van der Waals surface area (Å²) in [4.78, 5) is 14.0. The monoisotopic (exact) mass is 416 g/mol. The summed E-state index contributed by atoms with van der Waals surface area (Å²) in [5.74, 6) is -0.252. The normalized spacial score (nSPS) is 13.8. The van der Waals surface area contributed by atoms with Crippen LogP contribution in [0.4, 0.5) is 10.7 Å². The molecule has 0 fully saturated rings. The van der Waals surface area contributed by atoms with Gasteiger partial charge in [0.15, 0.2) is 5.11 Å². The molecule has 2 N–H and O–H groups in total. The summed E-state index contributed by atoms with van der Waals surface area (Å²) in [6.07, 6.45) is 6.69. The molecule has 0 radical (unpaired) electrons. The first-order chi connectivity index (χ1) is 13.5. The third-order valence-electron chi connectivity index (χ3n) is 5.23. The molecule has 0 spiro atoms. The second kappa shape index (κ2) is 9.52. The summed E-state index contributed by atoms with van der Waals surface area (Å²) >= 11 is 7.20. The number of carbonyl (C=O) groups excluding carboxylic acids is 1. The molecule has 0 aliphatic heterocycles. The fourth-order valence-electron chi connectivity index (χ4n) is 3.57. The van der Waals surface area contributed by atoms with E-state index in [1.165, 1.54) is 29.7 Å². The number of benzene rings is 1. The smallest absolute Gasteiger partial charge is 0.341 e. The van der Waals surface area contributed by atoms with Gasteiger partial charge in [-0.15, -0.1) is 11.3 Å². The summed E-state index contributed by atoms with van der Waals surface area (Å²) in [7, 11) is 0. The number of rotatable bonds is 4. The summed E-state index contributed by atoms with van der Waals surface area (Å²) in [6, 6.07) is 6.10. The highest BCUT2D eigenvalue weighted by atomic mass is 32.1. The Morgan fingerprint density at radius 3 is 2.64 bits per heavy atom. The van der Waals surface area contributed by atoms with Gasteiger partial charge >= 0.3 is 5.97 Å². The third kappa shape index (κ3) is 4.73. The minimum Gasteiger partial charge on any atom is -0.462 e. The fraction of sp³-hybridized carbons (Fsp3) is 0.455. The Morgan fingerprint density at radius 1 is 1.14 bits per heavy atom. The van der Waals surface area contributed by atoms with Crippen molar-refractivity contribution in [3.63, 3.8) is 0 Å². The molecule has 28 heavy (non-hydrogen) atoms. The molecule has 2 aromatic rings. The standard InChI is InChI=1S/C22H28N2O2S2/c1-4-26-21(25)19-16-11-7-5-6-8-13-18(16)28-20(19)24-22(27)23-17-12-9-10-14(2)15(17)3/h9-10,12H,4-8,11,13H2,1-3H3,(H2,23,24,27). The second-order valence-corrected chi connectivity index (χ2v) is 8.68. The summed E-state index contributed by atoms with van der Waals surface area (Å²) in [5, 5.41) is 7.85. The molecule has 0 saturated heterocycles. The van der Waals surface area contributed by atoms with Crippen LogP contribution >= 0.6 is 23.6 Å². The molecule has 0 bridgehead atoms. The molecule has 0 amide bonds. The van der Waals surface area contributed by atoms with Crippen LogP contribution < -0.4 is 10.6 Å². The lowest BCUT2D eigenvalue weighted by Gasteiger charge is -2.14. The van der Waals surface area contributed by atoms with E-state index in [1.807, 2.05) is 19.1 Å². The molecule has 0 unspecified atom stereocenters. The zero-order valence-electron chi connectivity index (χ0n) is 16.8. The maximum absolute atomic E-state index is 12.7. The largest absolute Gasteiger partial charge is 0.462 e. The number of thiocarbonyl (C=S) groups is 1. The highest BCUT2D eigenvalue weighted by molar-refractivity contribution is 7.80. The average molecular weight is 417 g/mol. The van der Waals surface area contributed by atoms with E-state index in [1.54, 1.807) is 11.3 Å². The van der Waals surface area contributed by atoms with Crippen molar-refractivity contribution in [1.29, 1.82) is 0 Å². The quantitative estimate of drug-likeness (QED) is 0.472. The van der Waals surface area contributed by atoms with Crippen LogP contribution in [0.5, 0.6) is 0 Å². The Bertz CT molecular complexity index is 874. The van der Waals surface area contributed by atoms with Gasteiger partial charge in [0.2, 0.25) is 0 Å². The van der Waals surface area contributed by atoms with Gasteiger partial charge in [-0.25, -0.2) is 4.79 Å². The van der Waals surface area contributed by atoms with Gasteiger partial charge in [0.1, 0.15) is 5.00 Å². The number of anilines is 2. The average Bonchev–Trinajstić information content (AvgIpc) is 2.95. The van der Waals surface area contributed by atoms with Crippen LogP contribution in [0.3, 0.4) is 0 Å². The van der Waals surface area contributed by atoms with Crippen LogP contribution in [0.1, 0.15) is 64.5 Å².